The number of aromatic nitrogens is 5. The van der Waals surface area contributed by atoms with Gasteiger partial charge in [-0.2, -0.15) is 18.3 Å². The molecule has 4 rings (SSSR count). The average Bonchev–Trinajstić information content (AvgIpc) is 3.39. The summed E-state index contributed by atoms with van der Waals surface area (Å²) < 4.78 is 41.1. The number of aliphatic carboxylic acids is 1. The second-order valence-electron chi connectivity index (χ2n) is 6.77. The van der Waals surface area contributed by atoms with Gasteiger partial charge in [-0.05, 0) is 17.7 Å². The highest BCUT2D eigenvalue weighted by molar-refractivity contribution is 5.73. The van der Waals surface area contributed by atoms with Crippen molar-refractivity contribution >= 4 is 5.97 Å². The molecule has 0 fully saturated rings. The van der Waals surface area contributed by atoms with E-state index in [9.17, 15) is 13.2 Å². The Morgan fingerprint density at radius 1 is 1.19 bits per heavy atom. The Morgan fingerprint density at radius 2 is 1.90 bits per heavy atom. The molecule has 9 nitrogen and oxygen atoms in total. The lowest BCUT2D eigenvalue weighted by Crippen LogP contribution is -2.34. The number of carboxylic acids is 1. The van der Waals surface area contributed by atoms with E-state index < -0.39 is 12.1 Å². The first-order valence-corrected chi connectivity index (χ1v) is 9.27. The maximum Gasteiger partial charge on any atom is 0.490 e. The van der Waals surface area contributed by atoms with Crippen LogP contribution in [0.25, 0.3) is 0 Å². The van der Waals surface area contributed by atoms with Gasteiger partial charge in [0.1, 0.15) is 24.2 Å². The fraction of sp³-hybridized carbons (Fsp3) is 0.368. The molecule has 31 heavy (non-hydrogen) atoms. The molecule has 0 saturated heterocycles. The second-order valence-corrected chi connectivity index (χ2v) is 6.77. The van der Waals surface area contributed by atoms with Gasteiger partial charge in [-0.3, -0.25) is 4.90 Å². The summed E-state index contributed by atoms with van der Waals surface area (Å²) in [7, 11) is 1.69. The van der Waals surface area contributed by atoms with Gasteiger partial charge in [0, 0.05) is 19.6 Å². The number of hydrogen-bond donors (Lipinski definition) is 1. The molecule has 0 spiro atoms. The first-order valence-electron chi connectivity index (χ1n) is 9.27. The van der Waals surface area contributed by atoms with E-state index in [-0.39, 0.29) is 0 Å². The molecule has 1 aliphatic rings. The van der Waals surface area contributed by atoms with Gasteiger partial charge in [-0.15, -0.1) is 0 Å². The number of ether oxygens (including phenoxy) is 1. The molecule has 0 amide bonds. The molecule has 0 saturated carbocycles. The highest BCUT2D eigenvalue weighted by Crippen LogP contribution is 2.19. The van der Waals surface area contributed by atoms with E-state index in [0.29, 0.717) is 6.54 Å². The normalized spacial score (nSPS) is 13.8. The summed E-state index contributed by atoms with van der Waals surface area (Å²) in [6, 6.07) is 8.26. The Hall–Kier alpha value is -3.41. The first-order chi connectivity index (χ1) is 14.8. The topological polar surface area (TPSA) is 98.3 Å². The summed E-state index contributed by atoms with van der Waals surface area (Å²) in [5.41, 5.74) is 2.47. The molecule has 3 heterocycles. The minimum atomic E-state index is -5.08. The molecule has 0 bridgehead atoms. The van der Waals surface area contributed by atoms with Crippen molar-refractivity contribution in [2.45, 2.75) is 32.4 Å². The van der Waals surface area contributed by atoms with Crippen molar-refractivity contribution in [3.05, 3.63) is 60.2 Å². The van der Waals surface area contributed by atoms with Gasteiger partial charge in [0.25, 0.3) is 0 Å². The van der Waals surface area contributed by atoms with E-state index in [0.717, 1.165) is 37.8 Å². The summed E-state index contributed by atoms with van der Waals surface area (Å²) in [6.45, 7) is 4.47. The minimum Gasteiger partial charge on any atom is -0.497 e. The summed E-state index contributed by atoms with van der Waals surface area (Å²) >= 11 is 0. The Kier molecular flexibility index (Phi) is 6.90. The minimum absolute atomic E-state index is 0.714. The third-order valence-corrected chi connectivity index (χ3v) is 4.62. The van der Waals surface area contributed by atoms with Crippen LogP contribution >= 0.6 is 0 Å². The Labute approximate surface area is 175 Å². The fourth-order valence-corrected chi connectivity index (χ4v) is 3.10. The highest BCUT2D eigenvalue weighted by Gasteiger charge is 2.38. The lowest BCUT2D eigenvalue weighted by molar-refractivity contribution is -0.192. The number of alkyl halides is 3. The number of halogens is 3. The molecule has 0 aliphatic carbocycles. The van der Waals surface area contributed by atoms with Crippen molar-refractivity contribution < 1.29 is 27.8 Å². The summed E-state index contributed by atoms with van der Waals surface area (Å²) in [5, 5.41) is 11.3. The number of hydrogen-bond acceptors (Lipinski definition) is 6. The Bertz CT molecular complexity index is 986. The van der Waals surface area contributed by atoms with Gasteiger partial charge in [0.2, 0.25) is 0 Å². The number of nitrogens with zero attached hydrogens (tertiary/aromatic N) is 6. The molecular weight excluding hydrogens is 417 g/mol. The highest BCUT2D eigenvalue weighted by atomic mass is 19.4. The summed E-state index contributed by atoms with van der Waals surface area (Å²) in [5.74, 6) is -0.747. The van der Waals surface area contributed by atoms with E-state index in [2.05, 4.69) is 36.7 Å². The van der Waals surface area contributed by atoms with Crippen molar-refractivity contribution in [1.29, 1.82) is 0 Å². The zero-order valence-electron chi connectivity index (χ0n) is 16.7. The van der Waals surface area contributed by atoms with Crippen LogP contribution in [-0.2, 0) is 31.0 Å². The second kappa shape index (κ2) is 9.60. The smallest absolute Gasteiger partial charge is 0.490 e. The fourth-order valence-electron chi connectivity index (χ4n) is 3.10. The zero-order chi connectivity index (χ0) is 22.4. The summed E-state index contributed by atoms with van der Waals surface area (Å²) in [4.78, 5) is 19.9. The van der Waals surface area contributed by atoms with E-state index >= 15 is 0 Å². The molecule has 1 aliphatic heterocycles. The Morgan fingerprint density at radius 3 is 2.48 bits per heavy atom. The van der Waals surface area contributed by atoms with Crippen molar-refractivity contribution in [1.82, 2.24) is 29.2 Å². The third-order valence-electron chi connectivity index (χ3n) is 4.62. The molecule has 12 heteroatoms. The molecule has 0 unspecified atom stereocenters. The van der Waals surface area contributed by atoms with Gasteiger partial charge in [-0.25, -0.2) is 19.4 Å². The van der Waals surface area contributed by atoms with Crippen molar-refractivity contribution in [2.24, 2.45) is 0 Å². The molecule has 166 valence electrons. The predicted octanol–water partition coefficient (Wildman–Crippen LogP) is 2.18. The first kappa shape index (κ1) is 22.3. The van der Waals surface area contributed by atoms with Crippen LogP contribution in [0.15, 0.2) is 43.1 Å². The van der Waals surface area contributed by atoms with Gasteiger partial charge in [0.15, 0.2) is 0 Å². The molecule has 2 aromatic heterocycles. The molecule has 1 aromatic carbocycles. The number of carboxylic acid groups (broad SMARTS) is 1. The number of carbonyl (C=O) groups is 1. The van der Waals surface area contributed by atoms with Gasteiger partial charge < -0.3 is 14.4 Å². The van der Waals surface area contributed by atoms with E-state index in [1.165, 1.54) is 11.3 Å². The van der Waals surface area contributed by atoms with E-state index in [1.54, 1.807) is 19.8 Å². The van der Waals surface area contributed by atoms with Crippen LogP contribution in [0.2, 0.25) is 0 Å². The number of methoxy groups -OCH3 is 1. The standard InChI is InChI=1S/C17H20N6O.C2HF3O2/c1-24-16-4-2-14(3-5-16)9-21-6-7-23-15(8-19-17(23)11-21)10-22-13-18-12-20-22;3-2(4,5)1(6)7/h2-5,8,12-13H,6-7,9-11H2,1H3;(H,6,7). The van der Waals surface area contributed by atoms with Gasteiger partial charge >= 0.3 is 12.1 Å². The molecule has 0 radical (unpaired) electrons. The van der Waals surface area contributed by atoms with Gasteiger partial charge in [-0.1, -0.05) is 12.1 Å². The number of imidazole rings is 1. The van der Waals surface area contributed by atoms with E-state index in [4.69, 9.17) is 14.6 Å². The predicted molar refractivity (Wildman–Crippen MR) is 102 cm³/mol. The van der Waals surface area contributed by atoms with E-state index in [1.807, 2.05) is 23.0 Å². The Balaban J connectivity index is 0.000000339. The SMILES string of the molecule is COc1ccc(CN2CCn3c(Cn4cncn4)cnc3C2)cc1.O=C(O)C(F)(F)F. The zero-order valence-corrected chi connectivity index (χ0v) is 16.7. The molecule has 0 atom stereocenters. The molecular formula is C19H21F3N6O3. The third kappa shape index (κ3) is 6.04. The van der Waals surface area contributed by atoms with Crippen LogP contribution in [0.1, 0.15) is 17.1 Å². The number of benzene rings is 1. The van der Waals surface area contributed by atoms with Crippen LogP contribution in [-0.4, -0.2) is 60.1 Å². The van der Waals surface area contributed by atoms with Crippen LogP contribution in [0.5, 0.6) is 5.75 Å². The van der Waals surface area contributed by atoms with Gasteiger partial charge in [0.05, 0.1) is 32.1 Å². The van der Waals surface area contributed by atoms with Crippen molar-refractivity contribution in [2.75, 3.05) is 13.7 Å². The van der Waals surface area contributed by atoms with Crippen molar-refractivity contribution in [3.63, 3.8) is 0 Å². The largest absolute Gasteiger partial charge is 0.497 e. The van der Waals surface area contributed by atoms with Crippen LogP contribution in [0, 0.1) is 0 Å². The quantitative estimate of drug-likeness (QED) is 0.652. The van der Waals surface area contributed by atoms with Crippen LogP contribution in [0.4, 0.5) is 13.2 Å². The number of fused-ring (bicyclic) bond motifs is 1. The maximum atomic E-state index is 10.6. The molecule has 3 aromatic rings. The number of rotatable bonds is 5. The lowest BCUT2D eigenvalue weighted by Gasteiger charge is -2.28. The maximum absolute atomic E-state index is 10.6. The van der Waals surface area contributed by atoms with Crippen LogP contribution < -0.4 is 4.74 Å². The summed E-state index contributed by atoms with van der Waals surface area (Å²) in [6.07, 6.45) is 0.163. The van der Waals surface area contributed by atoms with Crippen LogP contribution in [0.3, 0.4) is 0 Å². The lowest BCUT2D eigenvalue weighted by atomic mass is 10.2. The van der Waals surface area contributed by atoms with Crippen molar-refractivity contribution in [3.8, 4) is 5.75 Å². The monoisotopic (exact) mass is 438 g/mol. The average molecular weight is 438 g/mol. The molecule has 1 N–H and O–H groups in total.